The molecule has 11 heavy (non-hydrogen) atoms. The quantitative estimate of drug-likeness (QED) is 0.591. The maximum atomic E-state index is 11.0. The van der Waals surface area contributed by atoms with Gasteiger partial charge in [0.2, 0.25) is 0 Å². The fourth-order valence-corrected chi connectivity index (χ4v) is 4.10. The molecule has 0 aliphatic carbocycles. The standard InChI is InChI=1S/C4H4N.Mo.HO3P.O/c1-2-4-5-3-1;;1-4(2)3;/h1-4H;;(H-,1,2,3);/q-1;;;/p+1. The first-order chi connectivity index (χ1) is 5.02. The van der Waals surface area contributed by atoms with Gasteiger partial charge in [0.25, 0.3) is 0 Å². The van der Waals surface area contributed by atoms with Crippen LogP contribution in [0.25, 0.3) is 0 Å². The van der Waals surface area contributed by atoms with Crippen molar-refractivity contribution in [2.24, 2.45) is 0 Å². The summed E-state index contributed by atoms with van der Waals surface area (Å²) < 4.78 is 22.5. The van der Waals surface area contributed by atoms with Crippen molar-refractivity contribution in [3.63, 3.8) is 0 Å². The molecule has 1 rings (SSSR count). The molecule has 0 aliphatic rings. The number of hydrogen-bond donors (Lipinski definition) is 2. The minimum atomic E-state index is -4.37. The Kier molecular flexibility index (Phi) is 2.55. The fourth-order valence-electron chi connectivity index (χ4n) is 0.546. The summed E-state index contributed by atoms with van der Waals surface area (Å²) in [5.41, 5.74) is -4.37. The topological polar surface area (TPSA) is 79.5 Å². The molecule has 1 heterocycles. The summed E-state index contributed by atoms with van der Waals surface area (Å²) in [5.74, 6) is 0. The Balaban J connectivity index is 2.97. The van der Waals surface area contributed by atoms with E-state index in [1.807, 2.05) is 0 Å². The van der Waals surface area contributed by atoms with Crippen LogP contribution in [0.2, 0.25) is 0 Å². The molecule has 0 amide bonds. The van der Waals surface area contributed by atoms with Crippen molar-refractivity contribution in [1.82, 2.24) is 3.13 Å². The van der Waals surface area contributed by atoms with E-state index in [-0.39, 0.29) is 0 Å². The summed E-state index contributed by atoms with van der Waals surface area (Å²) in [7, 11) is 0. The van der Waals surface area contributed by atoms with Crippen molar-refractivity contribution in [2.45, 2.75) is 0 Å². The van der Waals surface area contributed by atoms with Crippen LogP contribution in [0.1, 0.15) is 0 Å². The molecule has 0 saturated heterocycles. The molecule has 0 aliphatic heterocycles. The first-order valence-corrected chi connectivity index (χ1v) is 8.57. The third-order valence-electron chi connectivity index (χ3n) is 0.961. The Labute approximate surface area is 68.4 Å². The van der Waals surface area contributed by atoms with Crippen LogP contribution in [-0.4, -0.2) is 12.9 Å². The van der Waals surface area contributed by atoms with Crippen LogP contribution < -0.4 is 0 Å². The Bertz CT molecular complexity index is 302. The summed E-state index contributed by atoms with van der Waals surface area (Å²) in [6.45, 7) is 0. The number of aromatic nitrogens is 1. The molecule has 0 unspecified atom stereocenters. The first-order valence-electron chi connectivity index (χ1n) is 2.63. The number of rotatable bonds is 2. The van der Waals surface area contributed by atoms with Gasteiger partial charge in [0, 0.05) is 0 Å². The Morgan fingerprint density at radius 2 is 1.73 bits per heavy atom. The van der Waals surface area contributed by atoms with Gasteiger partial charge in [-0.25, -0.2) is 0 Å². The Morgan fingerprint density at radius 3 is 2.09 bits per heavy atom. The van der Waals surface area contributed by atoms with Gasteiger partial charge in [0.1, 0.15) is 0 Å². The second kappa shape index (κ2) is 3.11. The van der Waals surface area contributed by atoms with Gasteiger partial charge < -0.3 is 0 Å². The Morgan fingerprint density at radius 1 is 1.27 bits per heavy atom. The van der Waals surface area contributed by atoms with E-state index in [1.165, 1.54) is 12.4 Å². The van der Waals surface area contributed by atoms with Crippen LogP contribution in [0.15, 0.2) is 24.5 Å². The first kappa shape index (κ1) is 9.01. The van der Waals surface area contributed by atoms with Gasteiger partial charge in [-0.05, 0) is 0 Å². The van der Waals surface area contributed by atoms with Crippen LogP contribution in [0, 0.1) is 0 Å². The van der Waals surface area contributed by atoms with Gasteiger partial charge in [-0.2, -0.15) is 0 Å². The molecule has 7 heteroatoms. The maximum absolute atomic E-state index is 11.0. The van der Waals surface area contributed by atoms with E-state index in [2.05, 4.69) is 0 Å². The molecule has 0 radical (unpaired) electrons. The fraction of sp³-hybridized carbons (Fsp3) is 0. The molecule has 1 aromatic rings. The van der Waals surface area contributed by atoms with Gasteiger partial charge in [0.15, 0.2) is 0 Å². The molecular formula is C4H6MoNO4P. The summed E-state index contributed by atoms with van der Waals surface area (Å²) in [6.07, 6.45) is 2.78. The van der Waals surface area contributed by atoms with Crippen LogP contribution in [-0.2, 0) is 25.0 Å². The summed E-state index contributed by atoms with van der Waals surface area (Å²) in [6, 6.07) is 3.14. The average molecular weight is 259 g/mol. The van der Waals surface area contributed by atoms with Crippen molar-refractivity contribution >= 4 is 5.69 Å². The van der Waals surface area contributed by atoms with Crippen LogP contribution in [0.5, 0.6) is 0 Å². The molecule has 0 saturated carbocycles. The summed E-state index contributed by atoms with van der Waals surface area (Å²) in [5, 5.41) is 0. The molecule has 0 atom stereocenters. The number of nitrogens with zero attached hydrogens (tertiary/aromatic N) is 1. The van der Waals surface area contributed by atoms with Gasteiger partial charge in [-0.3, -0.25) is 0 Å². The van der Waals surface area contributed by atoms with Crippen molar-refractivity contribution in [3.8, 4) is 0 Å². The molecule has 1 aromatic heterocycles. The third kappa shape index (κ3) is 2.17. The summed E-state index contributed by atoms with van der Waals surface area (Å²) in [4.78, 5) is 17.0. The van der Waals surface area contributed by atoms with Crippen LogP contribution >= 0.6 is 5.69 Å². The van der Waals surface area contributed by atoms with E-state index in [0.717, 1.165) is 3.13 Å². The zero-order valence-corrected chi connectivity index (χ0v) is 8.22. The zero-order valence-electron chi connectivity index (χ0n) is 5.32. The molecule has 0 fully saturated rings. The molecule has 0 aromatic carbocycles. The Hall–Kier alpha value is -0.0817. The van der Waals surface area contributed by atoms with Crippen molar-refractivity contribution in [3.05, 3.63) is 24.5 Å². The second-order valence-corrected chi connectivity index (χ2v) is 10.3. The van der Waals surface area contributed by atoms with E-state index in [4.69, 9.17) is 9.79 Å². The molecule has 2 N–H and O–H groups in total. The van der Waals surface area contributed by atoms with E-state index < -0.39 is 22.7 Å². The molecule has 0 spiro atoms. The van der Waals surface area contributed by atoms with Crippen molar-refractivity contribution in [1.29, 1.82) is 0 Å². The van der Waals surface area contributed by atoms with E-state index in [9.17, 15) is 7.96 Å². The minimum absolute atomic E-state index is 1.10. The average Bonchev–Trinajstić information content (AvgIpc) is 2.34. The van der Waals surface area contributed by atoms with Crippen LogP contribution in [0.3, 0.4) is 0 Å². The van der Waals surface area contributed by atoms with Gasteiger partial charge in [0.05, 0.1) is 0 Å². The van der Waals surface area contributed by atoms with Gasteiger partial charge >= 0.3 is 68.1 Å². The van der Waals surface area contributed by atoms with E-state index in [1.54, 1.807) is 12.1 Å². The molecular weight excluding hydrogens is 253 g/mol. The monoisotopic (exact) mass is 261 g/mol. The zero-order chi connectivity index (χ0) is 8.48. The number of hydrogen-bond acceptors (Lipinski definition) is 2. The summed E-state index contributed by atoms with van der Waals surface area (Å²) >= 11 is -3.67. The van der Waals surface area contributed by atoms with E-state index in [0.29, 0.717) is 0 Å². The van der Waals surface area contributed by atoms with Gasteiger partial charge in [-0.1, -0.05) is 0 Å². The predicted octanol–water partition coefficient (Wildman–Crippen LogP) is 0.308. The molecule has 5 nitrogen and oxygen atoms in total. The predicted molar refractivity (Wildman–Crippen MR) is 32.6 cm³/mol. The van der Waals surface area contributed by atoms with E-state index >= 15 is 0 Å². The second-order valence-electron chi connectivity index (χ2n) is 1.76. The normalized spacial score (nSPS) is 12.3. The SMILES string of the molecule is [O]=[Mo]([n]1cccc1)[P](=O)(O)O. The van der Waals surface area contributed by atoms with Crippen molar-refractivity contribution < 1.29 is 34.8 Å². The van der Waals surface area contributed by atoms with Crippen LogP contribution in [0.4, 0.5) is 0 Å². The van der Waals surface area contributed by atoms with Gasteiger partial charge in [-0.15, -0.1) is 0 Å². The molecule has 0 bridgehead atoms. The third-order valence-corrected chi connectivity index (χ3v) is 6.97. The van der Waals surface area contributed by atoms with Crippen molar-refractivity contribution in [2.75, 3.05) is 0 Å². The molecule has 62 valence electrons.